The first-order chi connectivity index (χ1) is 29.5. The van der Waals surface area contributed by atoms with Crippen LogP contribution in [0.15, 0.2) is 196 Å². The molecule has 0 bridgehead atoms. The minimum absolute atomic E-state index is 0.00511. The second-order valence-electron chi connectivity index (χ2n) is 18.9. The maximum absolute atomic E-state index is 2.49. The zero-order valence-electron chi connectivity index (χ0n) is 35.6. The van der Waals surface area contributed by atoms with Gasteiger partial charge in [0.1, 0.15) is 0 Å². The van der Waals surface area contributed by atoms with Gasteiger partial charge in [-0.2, -0.15) is 0 Å². The molecule has 0 aliphatic carbocycles. The molecule has 0 saturated carbocycles. The molecule has 61 heavy (non-hydrogen) atoms. The zero-order chi connectivity index (χ0) is 41.6. The van der Waals surface area contributed by atoms with Gasteiger partial charge in [-0.05, 0) is 136 Å². The molecular formula is C58H47BS2. The highest BCUT2D eigenvalue weighted by Crippen LogP contribution is 2.47. The predicted molar refractivity (Wildman–Crippen MR) is 266 cm³/mol. The summed E-state index contributed by atoms with van der Waals surface area (Å²) in [6.45, 7) is 14.3. The molecule has 2 aliphatic rings. The lowest BCUT2D eigenvalue weighted by Crippen LogP contribution is -2.57. The fraction of sp³-hybridized carbons (Fsp3) is 0.138. The van der Waals surface area contributed by atoms with Gasteiger partial charge in [0.05, 0.1) is 0 Å². The fourth-order valence-corrected chi connectivity index (χ4v) is 12.2. The van der Waals surface area contributed by atoms with E-state index < -0.39 is 0 Å². The summed E-state index contributed by atoms with van der Waals surface area (Å²) in [6.07, 6.45) is 0. The maximum atomic E-state index is 2.49. The summed E-state index contributed by atoms with van der Waals surface area (Å²) in [5.41, 5.74) is 17.0. The van der Waals surface area contributed by atoms with Crippen molar-refractivity contribution in [3.05, 3.63) is 187 Å². The van der Waals surface area contributed by atoms with E-state index >= 15 is 0 Å². The predicted octanol–water partition coefficient (Wildman–Crippen LogP) is 14.7. The van der Waals surface area contributed by atoms with Crippen LogP contribution < -0.4 is 16.4 Å². The van der Waals surface area contributed by atoms with Gasteiger partial charge >= 0.3 is 0 Å². The Hall–Kier alpha value is -5.74. The van der Waals surface area contributed by atoms with Gasteiger partial charge in [0.25, 0.3) is 0 Å². The summed E-state index contributed by atoms with van der Waals surface area (Å²) in [6, 6.07) is 66.8. The molecule has 0 spiro atoms. The first-order valence-electron chi connectivity index (χ1n) is 21.5. The lowest BCUT2D eigenvalue weighted by molar-refractivity contribution is 0.569. The zero-order valence-corrected chi connectivity index (χ0v) is 37.3. The van der Waals surface area contributed by atoms with Crippen LogP contribution in [-0.2, 0) is 10.8 Å². The van der Waals surface area contributed by atoms with Gasteiger partial charge in [0.2, 0.25) is 6.71 Å². The summed E-state index contributed by atoms with van der Waals surface area (Å²) in [7, 11) is 0. The van der Waals surface area contributed by atoms with Crippen LogP contribution in [0, 0.1) is 0 Å². The fourth-order valence-electron chi connectivity index (χ4n) is 9.68. The van der Waals surface area contributed by atoms with E-state index in [2.05, 4.69) is 217 Å². The van der Waals surface area contributed by atoms with Crippen molar-refractivity contribution in [1.29, 1.82) is 0 Å². The Bertz CT molecular complexity index is 3060. The smallest absolute Gasteiger partial charge is 0.0911 e. The monoisotopic (exact) mass is 818 g/mol. The molecular weight excluding hydrogens is 772 g/mol. The van der Waals surface area contributed by atoms with E-state index in [4.69, 9.17) is 0 Å². The van der Waals surface area contributed by atoms with E-state index in [9.17, 15) is 0 Å². The third kappa shape index (κ3) is 6.56. The Morgan fingerprint density at radius 1 is 0.328 bits per heavy atom. The summed E-state index contributed by atoms with van der Waals surface area (Å²) in [5, 5.41) is 5.08. The highest BCUT2D eigenvalue weighted by atomic mass is 32.2. The lowest BCUT2D eigenvalue weighted by Gasteiger charge is -2.33. The molecule has 0 atom stereocenters. The Kier molecular flexibility index (Phi) is 9.04. The standard InChI is InChI=1S/C58H47BS2/c1-57(2,3)42-31-39(32-43(35-42)58(4,5)6)37-28-38(40-33-52-56-53(34-40)61-51-27-17-15-25-49(51)59(56)48-24-14-16-26-50(48)60-52)30-41(29-37)55-46-22-12-10-20-44(46)54(36-18-8-7-9-19-36)45-21-11-13-23-47(45)55/h7-35H,1-6H3. The molecule has 0 unspecified atom stereocenters. The largest absolute Gasteiger partial charge is 0.247 e. The number of hydrogen-bond acceptors (Lipinski definition) is 2. The highest BCUT2D eigenvalue weighted by molar-refractivity contribution is 8.01. The summed E-state index contributed by atoms with van der Waals surface area (Å²) < 4.78 is 0. The molecule has 0 amide bonds. The van der Waals surface area contributed by atoms with E-state index in [0.29, 0.717) is 0 Å². The molecule has 2 heterocycles. The van der Waals surface area contributed by atoms with E-state index in [-0.39, 0.29) is 17.5 Å². The topological polar surface area (TPSA) is 0 Å². The van der Waals surface area contributed by atoms with Crippen LogP contribution in [0.4, 0.5) is 0 Å². The van der Waals surface area contributed by atoms with Gasteiger partial charge in [-0.1, -0.05) is 209 Å². The first kappa shape index (κ1) is 38.2. The average molecular weight is 819 g/mol. The highest BCUT2D eigenvalue weighted by Gasteiger charge is 2.38. The van der Waals surface area contributed by atoms with Gasteiger partial charge in [-0.25, -0.2) is 0 Å². The van der Waals surface area contributed by atoms with Crippen LogP contribution in [0.3, 0.4) is 0 Å². The van der Waals surface area contributed by atoms with Crippen molar-refractivity contribution >= 4 is 68.2 Å². The molecule has 0 aromatic heterocycles. The quantitative estimate of drug-likeness (QED) is 0.128. The number of hydrogen-bond donors (Lipinski definition) is 0. The molecule has 0 saturated heterocycles. The first-order valence-corrected chi connectivity index (χ1v) is 23.2. The van der Waals surface area contributed by atoms with Crippen molar-refractivity contribution < 1.29 is 0 Å². The van der Waals surface area contributed by atoms with E-state index in [1.54, 1.807) is 0 Å². The molecule has 0 radical (unpaired) electrons. The average Bonchev–Trinajstić information content (AvgIpc) is 3.27. The van der Waals surface area contributed by atoms with Crippen LogP contribution >= 0.6 is 23.5 Å². The van der Waals surface area contributed by atoms with Gasteiger partial charge in [-0.15, -0.1) is 0 Å². The van der Waals surface area contributed by atoms with Crippen molar-refractivity contribution in [2.24, 2.45) is 0 Å². The lowest BCUT2D eigenvalue weighted by atomic mass is 9.36. The minimum Gasteiger partial charge on any atom is -0.0911 e. The molecule has 294 valence electrons. The van der Waals surface area contributed by atoms with Crippen molar-refractivity contribution in [2.45, 2.75) is 72.0 Å². The number of fused-ring (bicyclic) bond motifs is 6. The van der Waals surface area contributed by atoms with Gasteiger partial charge in [-0.3, -0.25) is 0 Å². The van der Waals surface area contributed by atoms with Crippen LogP contribution in [0.25, 0.3) is 66.1 Å². The second kappa shape index (κ2) is 14.4. The van der Waals surface area contributed by atoms with Crippen molar-refractivity contribution in [3.8, 4) is 44.5 Å². The maximum Gasteiger partial charge on any atom is 0.247 e. The van der Waals surface area contributed by atoms with Crippen molar-refractivity contribution in [1.82, 2.24) is 0 Å². The molecule has 3 heteroatoms. The number of benzene rings is 9. The Balaban J connectivity index is 1.21. The van der Waals surface area contributed by atoms with Crippen molar-refractivity contribution in [2.75, 3.05) is 0 Å². The van der Waals surface area contributed by atoms with Gasteiger partial charge in [0, 0.05) is 19.6 Å². The molecule has 9 aromatic rings. The summed E-state index contributed by atoms with van der Waals surface area (Å²) in [4.78, 5) is 5.42. The van der Waals surface area contributed by atoms with Crippen LogP contribution in [0.2, 0.25) is 0 Å². The second-order valence-corrected chi connectivity index (χ2v) is 21.1. The molecule has 0 N–H and O–H groups in total. The SMILES string of the molecule is CC(C)(C)c1cc(-c2cc(-c3cc4c5c(c3)Sc3ccccc3B5c3ccccc3S4)cc(-c3c4ccccc4c(-c4ccccc4)c4ccccc34)c2)cc(C(C)(C)C)c1. The van der Waals surface area contributed by atoms with Gasteiger partial charge in [0.15, 0.2) is 0 Å². The van der Waals surface area contributed by atoms with Crippen LogP contribution in [0.1, 0.15) is 52.7 Å². The summed E-state index contributed by atoms with van der Waals surface area (Å²) in [5.74, 6) is 0. The Morgan fingerprint density at radius 2 is 0.705 bits per heavy atom. The van der Waals surface area contributed by atoms with E-state index in [1.165, 1.54) is 113 Å². The molecule has 0 nitrogen and oxygen atoms in total. The normalized spacial score (nSPS) is 13.2. The van der Waals surface area contributed by atoms with Crippen LogP contribution in [-0.4, -0.2) is 6.71 Å². The van der Waals surface area contributed by atoms with Crippen LogP contribution in [0.5, 0.6) is 0 Å². The minimum atomic E-state index is -0.00511. The van der Waals surface area contributed by atoms with Crippen molar-refractivity contribution in [3.63, 3.8) is 0 Å². The number of rotatable bonds is 4. The van der Waals surface area contributed by atoms with E-state index in [0.717, 1.165) is 0 Å². The van der Waals surface area contributed by atoms with Gasteiger partial charge < -0.3 is 0 Å². The van der Waals surface area contributed by atoms with E-state index in [1.807, 2.05) is 23.5 Å². The molecule has 0 fully saturated rings. The molecule has 9 aromatic carbocycles. The molecule has 11 rings (SSSR count). The Morgan fingerprint density at radius 3 is 1.18 bits per heavy atom. The summed E-state index contributed by atoms with van der Waals surface area (Å²) >= 11 is 3.87. The third-order valence-corrected chi connectivity index (χ3v) is 15.1. The molecule has 2 aliphatic heterocycles. The Labute approximate surface area is 369 Å². The third-order valence-electron chi connectivity index (χ3n) is 12.8.